The molecule has 17 unspecified atom stereocenters. The molecule has 87 heavy (non-hydrogen) atoms. The molecule has 0 aliphatic carbocycles. The molecule has 0 aromatic heterocycles. The number of hydrogen-bond donors (Lipinski definition) is 12. The molecule has 12 N–H and O–H groups in total. The van der Waals surface area contributed by atoms with Gasteiger partial charge in [-0.3, -0.25) is 4.79 Å². The molecule has 3 saturated heterocycles. The molecule has 0 aromatic carbocycles. The highest BCUT2D eigenvalue weighted by Crippen LogP contribution is 2.33. The summed E-state index contributed by atoms with van der Waals surface area (Å²) in [5.41, 5.74) is 0. The fourth-order valence-electron chi connectivity index (χ4n) is 12.6. The summed E-state index contributed by atoms with van der Waals surface area (Å²) in [7, 11) is 0. The van der Waals surface area contributed by atoms with E-state index in [1.807, 2.05) is 0 Å². The molecule has 0 radical (unpaired) electrons. The summed E-state index contributed by atoms with van der Waals surface area (Å²) in [6, 6.07) is -0.878. The molecule has 3 heterocycles. The summed E-state index contributed by atoms with van der Waals surface area (Å²) in [5, 5.41) is 120. The quantitative estimate of drug-likeness (QED) is 0.0252. The molecule has 19 heteroatoms. The number of carbonyl (C=O) groups is 1. The van der Waals surface area contributed by atoms with Crippen molar-refractivity contribution >= 4 is 5.91 Å². The number of hydrogen-bond acceptors (Lipinski definition) is 18. The van der Waals surface area contributed by atoms with Gasteiger partial charge in [0.2, 0.25) is 5.91 Å². The number of nitrogens with one attached hydrogen (secondary N) is 1. The monoisotopic (exact) mass is 1250 g/mol. The minimum Gasteiger partial charge on any atom is -0.394 e. The van der Waals surface area contributed by atoms with E-state index in [0.717, 1.165) is 44.9 Å². The summed E-state index contributed by atoms with van der Waals surface area (Å²) < 4.78 is 34.1. The van der Waals surface area contributed by atoms with Gasteiger partial charge in [-0.2, -0.15) is 0 Å². The molecular weight excluding hydrogens is 1120 g/mol. The van der Waals surface area contributed by atoms with E-state index in [2.05, 4.69) is 19.2 Å². The molecule has 19 nitrogen and oxygen atoms in total. The molecule has 3 aliphatic heterocycles. The van der Waals surface area contributed by atoms with Crippen molar-refractivity contribution in [2.75, 3.05) is 26.4 Å². The smallest absolute Gasteiger partial charge is 0.220 e. The Morgan fingerprint density at radius 3 is 1.00 bits per heavy atom. The zero-order chi connectivity index (χ0) is 63.3. The molecule has 1 amide bonds. The number of carbonyl (C=O) groups excluding carboxylic acids is 1. The van der Waals surface area contributed by atoms with Gasteiger partial charge in [-0.15, -0.1) is 0 Å². The van der Waals surface area contributed by atoms with Crippen LogP contribution in [0.2, 0.25) is 0 Å². The Hall–Kier alpha value is -1.21. The van der Waals surface area contributed by atoms with Crippen molar-refractivity contribution in [2.24, 2.45) is 0 Å². The molecule has 0 aromatic rings. The van der Waals surface area contributed by atoms with Gasteiger partial charge in [0.25, 0.3) is 0 Å². The SMILES string of the molecule is CCCCCCCCCCCCCCCCCCCCCCCCCCCCCCCCCCCCCCCCC(=O)NC(COC1OC(CO)C(OC2OC(CO)C(OC3OC(CO)C(O)C(O)C3O)C(O)C2O)C(O)C1O)C(O)CCCCCC. The molecule has 0 spiro atoms. The lowest BCUT2D eigenvalue weighted by molar-refractivity contribution is -0.379. The van der Waals surface area contributed by atoms with Gasteiger partial charge in [-0.25, -0.2) is 0 Å². The van der Waals surface area contributed by atoms with Gasteiger partial charge in [-0.05, 0) is 12.8 Å². The van der Waals surface area contributed by atoms with Gasteiger partial charge in [0.05, 0.1) is 38.6 Å². The van der Waals surface area contributed by atoms with Crippen LogP contribution in [0.5, 0.6) is 0 Å². The van der Waals surface area contributed by atoms with Crippen molar-refractivity contribution in [1.29, 1.82) is 0 Å². The second kappa shape index (κ2) is 51.2. The van der Waals surface area contributed by atoms with Crippen molar-refractivity contribution < 1.29 is 89.4 Å². The number of rotatable bonds is 56. The number of unbranched alkanes of at least 4 members (excludes halogenated alkanes) is 40. The van der Waals surface area contributed by atoms with Crippen molar-refractivity contribution in [2.45, 2.75) is 401 Å². The van der Waals surface area contributed by atoms with Crippen LogP contribution >= 0.6 is 0 Å². The Morgan fingerprint density at radius 2 is 0.655 bits per heavy atom. The highest BCUT2D eigenvalue weighted by molar-refractivity contribution is 5.76. The van der Waals surface area contributed by atoms with Crippen LogP contribution in [-0.4, -0.2) is 193 Å². The van der Waals surface area contributed by atoms with Crippen LogP contribution < -0.4 is 5.32 Å². The van der Waals surface area contributed by atoms with Crippen LogP contribution in [0.1, 0.15) is 296 Å². The van der Waals surface area contributed by atoms with E-state index >= 15 is 0 Å². The third-order valence-electron chi connectivity index (χ3n) is 18.4. The fourth-order valence-corrected chi connectivity index (χ4v) is 12.6. The first kappa shape index (κ1) is 80.0. The van der Waals surface area contributed by atoms with Gasteiger partial charge >= 0.3 is 0 Å². The minimum atomic E-state index is -1.97. The van der Waals surface area contributed by atoms with E-state index in [4.69, 9.17) is 28.4 Å². The third-order valence-corrected chi connectivity index (χ3v) is 18.4. The number of amides is 1. The molecular formula is C68H131NO18. The Labute approximate surface area is 525 Å². The van der Waals surface area contributed by atoms with Crippen LogP contribution in [0, 0.1) is 0 Å². The number of aliphatic hydroxyl groups excluding tert-OH is 11. The van der Waals surface area contributed by atoms with Gasteiger partial charge < -0.3 is 89.9 Å². The van der Waals surface area contributed by atoms with E-state index in [-0.39, 0.29) is 18.9 Å². The lowest BCUT2D eigenvalue weighted by Gasteiger charge is -2.48. The lowest BCUT2D eigenvalue weighted by atomic mass is 9.96. The number of aliphatic hydroxyl groups is 11. The molecule has 3 fully saturated rings. The standard InChI is InChI=1S/C68H131NO18/c1-3-5-7-9-10-11-12-13-14-15-16-17-18-19-20-21-22-23-24-25-26-27-28-29-30-31-32-33-34-35-36-37-38-39-40-41-42-44-46-56(74)69-51(52(73)45-43-8-6-4-2)50-82-66-62(80)59(77)64(54(48-71)84-66)87-68-63(81)60(78)65(55(49-72)85-68)86-67-61(79)58(76)57(75)53(47-70)83-67/h51-55,57-68,70-73,75-81H,3-50H2,1-2H3,(H,69,74). The maximum Gasteiger partial charge on any atom is 0.220 e. The van der Waals surface area contributed by atoms with Crippen LogP contribution in [0.25, 0.3) is 0 Å². The van der Waals surface area contributed by atoms with E-state index in [1.54, 1.807) is 0 Å². The maximum absolute atomic E-state index is 13.2. The average Bonchev–Trinajstić information content (AvgIpc) is 1.47. The molecule has 0 bridgehead atoms. The summed E-state index contributed by atoms with van der Waals surface area (Å²) in [4.78, 5) is 13.2. The van der Waals surface area contributed by atoms with Crippen LogP contribution in [-0.2, 0) is 33.2 Å². The number of ether oxygens (including phenoxy) is 6. The van der Waals surface area contributed by atoms with E-state index in [1.165, 1.54) is 218 Å². The molecule has 17 atom stereocenters. The average molecular weight is 1250 g/mol. The predicted octanol–water partition coefficient (Wildman–Crippen LogP) is 9.50. The zero-order valence-corrected chi connectivity index (χ0v) is 54.5. The molecule has 0 saturated carbocycles. The summed E-state index contributed by atoms with van der Waals surface area (Å²) in [6.07, 6.45) is 29.3. The summed E-state index contributed by atoms with van der Waals surface area (Å²) in [6.45, 7) is 1.68. The second-order valence-electron chi connectivity index (χ2n) is 26.1. The van der Waals surface area contributed by atoms with Crippen LogP contribution in [0.3, 0.4) is 0 Å². The van der Waals surface area contributed by atoms with Crippen molar-refractivity contribution in [3.63, 3.8) is 0 Å². The van der Waals surface area contributed by atoms with Gasteiger partial charge in [0.1, 0.15) is 73.2 Å². The van der Waals surface area contributed by atoms with Crippen molar-refractivity contribution in [3.8, 4) is 0 Å². The predicted molar refractivity (Wildman–Crippen MR) is 337 cm³/mol. The molecule has 516 valence electrons. The van der Waals surface area contributed by atoms with Crippen molar-refractivity contribution in [1.82, 2.24) is 5.32 Å². The topological polar surface area (TPSA) is 307 Å². The Balaban J connectivity index is 1.19. The first-order valence-electron chi connectivity index (χ1n) is 35.8. The highest BCUT2D eigenvalue weighted by Gasteiger charge is 2.53. The second-order valence-corrected chi connectivity index (χ2v) is 26.1. The lowest BCUT2D eigenvalue weighted by Crippen LogP contribution is -2.66. The normalized spacial score (nSPS) is 28.5. The fraction of sp³-hybridized carbons (Fsp3) is 0.985. The zero-order valence-electron chi connectivity index (χ0n) is 54.5. The first-order chi connectivity index (χ1) is 42.3. The Morgan fingerprint density at radius 1 is 0.368 bits per heavy atom. The minimum absolute atomic E-state index is 0.246. The summed E-state index contributed by atoms with van der Waals surface area (Å²) in [5.74, 6) is -0.246. The maximum atomic E-state index is 13.2. The van der Waals surface area contributed by atoms with E-state index in [0.29, 0.717) is 12.8 Å². The van der Waals surface area contributed by atoms with Crippen LogP contribution in [0.15, 0.2) is 0 Å². The van der Waals surface area contributed by atoms with Gasteiger partial charge in [0.15, 0.2) is 18.9 Å². The Kier molecular flexibility index (Phi) is 47.1. The summed E-state index contributed by atoms with van der Waals surface area (Å²) >= 11 is 0. The largest absolute Gasteiger partial charge is 0.394 e. The Bertz CT molecular complexity index is 1590. The third kappa shape index (κ3) is 33.5. The molecule has 3 rings (SSSR count). The van der Waals surface area contributed by atoms with Gasteiger partial charge in [0, 0.05) is 6.42 Å². The van der Waals surface area contributed by atoms with Gasteiger partial charge in [-0.1, -0.05) is 277 Å². The van der Waals surface area contributed by atoms with Crippen LogP contribution in [0.4, 0.5) is 0 Å². The first-order valence-corrected chi connectivity index (χ1v) is 35.8. The highest BCUT2D eigenvalue weighted by atomic mass is 16.8. The van der Waals surface area contributed by atoms with E-state index in [9.17, 15) is 61.0 Å². The molecule has 3 aliphatic rings. The van der Waals surface area contributed by atoms with E-state index < -0.39 is 124 Å². The van der Waals surface area contributed by atoms with Crippen molar-refractivity contribution in [3.05, 3.63) is 0 Å².